The van der Waals surface area contributed by atoms with Gasteiger partial charge in [0, 0.05) is 18.7 Å². The number of nitriles is 1. The monoisotopic (exact) mass is 238 g/mol. The summed E-state index contributed by atoms with van der Waals surface area (Å²) in [4.78, 5) is 4.46. The highest BCUT2D eigenvalue weighted by Crippen LogP contribution is 2.28. The number of anilines is 1. The van der Waals surface area contributed by atoms with E-state index >= 15 is 0 Å². The Morgan fingerprint density at radius 3 is 3.11 bits per heavy atom. The van der Waals surface area contributed by atoms with E-state index in [9.17, 15) is 0 Å². The van der Waals surface area contributed by atoms with Crippen LogP contribution in [0.15, 0.2) is 24.3 Å². The molecule has 1 aliphatic rings. The molecule has 18 heavy (non-hydrogen) atoms. The van der Waals surface area contributed by atoms with Gasteiger partial charge in [0.25, 0.3) is 0 Å². The molecule has 4 heteroatoms. The quantitative estimate of drug-likeness (QED) is 0.830. The van der Waals surface area contributed by atoms with Gasteiger partial charge in [-0.2, -0.15) is 5.26 Å². The molecule has 2 heterocycles. The summed E-state index contributed by atoms with van der Waals surface area (Å²) in [6.07, 6.45) is 1.06. The number of hydrogen-bond donors (Lipinski definition) is 1. The van der Waals surface area contributed by atoms with Gasteiger partial charge < -0.3 is 9.88 Å². The van der Waals surface area contributed by atoms with Crippen molar-refractivity contribution in [2.75, 3.05) is 11.9 Å². The lowest BCUT2D eigenvalue weighted by Crippen LogP contribution is -2.17. The zero-order valence-electron chi connectivity index (χ0n) is 10.3. The molecule has 0 unspecified atom stereocenters. The molecule has 90 valence electrons. The van der Waals surface area contributed by atoms with E-state index in [1.165, 1.54) is 5.56 Å². The Hall–Kier alpha value is -2.28. The summed E-state index contributed by atoms with van der Waals surface area (Å²) in [6.45, 7) is 3.89. The van der Waals surface area contributed by atoms with Gasteiger partial charge in [-0.1, -0.05) is 23.8 Å². The van der Waals surface area contributed by atoms with E-state index in [1.807, 2.05) is 12.1 Å². The third kappa shape index (κ3) is 1.65. The Morgan fingerprint density at radius 2 is 2.33 bits per heavy atom. The molecule has 1 aromatic heterocycles. The van der Waals surface area contributed by atoms with Crippen molar-refractivity contribution < 1.29 is 0 Å². The number of aryl methyl sites for hydroxylation is 1. The summed E-state index contributed by atoms with van der Waals surface area (Å²) >= 11 is 0. The highest BCUT2D eigenvalue weighted by atomic mass is 15.2. The van der Waals surface area contributed by atoms with E-state index in [-0.39, 0.29) is 0 Å². The molecule has 0 fully saturated rings. The van der Waals surface area contributed by atoms with Crippen LogP contribution in [0.25, 0.3) is 11.4 Å². The lowest BCUT2D eigenvalue weighted by Gasteiger charge is -2.18. The minimum absolute atomic E-state index is 0.492. The molecule has 4 nitrogen and oxygen atoms in total. The smallest absolute Gasteiger partial charge is 0.183 e. The second-order valence-electron chi connectivity index (χ2n) is 4.55. The molecule has 0 amide bonds. The van der Waals surface area contributed by atoms with Crippen molar-refractivity contribution in [2.45, 2.75) is 19.9 Å². The first kappa shape index (κ1) is 10.8. The topological polar surface area (TPSA) is 53.6 Å². The maximum Gasteiger partial charge on any atom is 0.183 e. The third-order valence-corrected chi connectivity index (χ3v) is 3.20. The fraction of sp³-hybridized carbons (Fsp3) is 0.286. The van der Waals surface area contributed by atoms with E-state index in [1.54, 1.807) is 0 Å². The number of rotatable bonds is 1. The molecule has 0 saturated heterocycles. The maximum atomic E-state index is 9.14. The van der Waals surface area contributed by atoms with Gasteiger partial charge in [0.1, 0.15) is 17.7 Å². The van der Waals surface area contributed by atoms with Crippen LogP contribution in [0, 0.1) is 18.3 Å². The molecule has 1 N–H and O–H groups in total. The molecule has 0 bridgehead atoms. The second kappa shape index (κ2) is 4.19. The van der Waals surface area contributed by atoms with Gasteiger partial charge in [-0.25, -0.2) is 4.98 Å². The predicted molar refractivity (Wildman–Crippen MR) is 70.2 cm³/mol. The largest absolute Gasteiger partial charge is 0.369 e. The molecule has 0 saturated carbocycles. The normalized spacial score (nSPS) is 13.6. The third-order valence-electron chi connectivity index (χ3n) is 3.20. The van der Waals surface area contributed by atoms with Crippen LogP contribution in [0.4, 0.5) is 5.82 Å². The maximum absolute atomic E-state index is 9.14. The van der Waals surface area contributed by atoms with Crippen LogP contribution < -0.4 is 5.32 Å². The standard InChI is InChI=1S/C14H14N4/c1-10-4-2-5-11(8-10)13-17-12(9-15)14-16-6-3-7-18(13)14/h2,4-5,8,16H,3,6-7H2,1H3. The second-order valence-corrected chi connectivity index (χ2v) is 4.55. The highest BCUT2D eigenvalue weighted by Gasteiger charge is 2.20. The Morgan fingerprint density at radius 1 is 1.44 bits per heavy atom. The number of fused-ring (bicyclic) bond motifs is 1. The minimum Gasteiger partial charge on any atom is -0.369 e. The molecular formula is C14H14N4. The number of nitrogens with zero attached hydrogens (tertiary/aromatic N) is 3. The van der Waals surface area contributed by atoms with Crippen molar-refractivity contribution in [3.05, 3.63) is 35.5 Å². The van der Waals surface area contributed by atoms with Gasteiger partial charge >= 0.3 is 0 Å². The van der Waals surface area contributed by atoms with Crippen molar-refractivity contribution in [1.82, 2.24) is 9.55 Å². The Labute approximate surface area is 106 Å². The van der Waals surface area contributed by atoms with Gasteiger partial charge in [0.05, 0.1) is 0 Å². The van der Waals surface area contributed by atoms with Crippen molar-refractivity contribution in [3.63, 3.8) is 0 Å². The average Bonchev–Trinajstić information content (AvgIpc) is 2.77. The van der Waals surface area contributed by atoms with E-state index in [0.29, 0.717) is 5.69 Å². The average molecular weight is 238 g/mol. The van der Waals surface area contributed by atoms with Gasteiger partial charge in [-0.15, -0.1) is 0 Å². The summed E-state index contributed by atoms with van der Waals surface area (Å²) in [6, 6.07) is 10.4. The van der Waals surface area contributed by atoms with Crippen LogP contribution in [0.1, 0.15) is 17.7 Å². The SMILES string of the molecule is Cc1cccc(-c2nc(C#N)c3n2CCCN3)c1. The van der Waals surface area contributed by atoms with Crippen LogP contribution in [0.3, 0.4) is 0 Å². The van der Waals surface area contributed by atoms with Crippen LogP contribution in [-0.2, 0) is 6.54 Å². The fourth-order valence-corrected chi connectivity index (χ4v) is 2.38. The number of imidazole rings is 1. The van der Waals surface area contributed by atoms with Gasteiger partial charge in [0.15, 0.2) is 5.69 Å². The van der Waals surface area contributed by atoms with Gasteiger partial charge in [-0.05, 0) is 19.4 Å². The molecule has 0 atom stereocenters. The summed E-state index contributed by atoms with van der Waals surface area (Å²) in [5.41, 5.74) is 2.76. The molecular weight excluding hydrogens is 224 g/mol. The molecule has 0 aliphatic carbocycles. The van der Waals surface area contributed by atoms with Crippen LogP contribution in [0.2, 0.25) is 0 Å². The minimum atomic E-state index is 0.492. The zero-order chi connectivity index (χ0) is 12.5. The van der Waals surface area contributed by atoms with Crippen LogP contribution >= 0.6 is 0 Å². The summed E-state index contributed by atoms with van der Waals surface area (Å²) < 4.78 is 2.11. The first-order chi connectivity index (χ1) is 8.79. The van der Waals surface area contributed by atoms with E-state index in [4.69, 9.17) is 5.26 Å². The summed E-state index contributed by atoms with van der Waals surface area (Å²) in [7, 11) is 0. The first-order valence-electron chi connectivity index (χ1n) is 6.11. The number of benzene rings is 1. The van der Waals surface area contributed by atoms with Crippen molar-refractivity contribution >= 4 is 5.82 Å². The highest BCUT2D eigenvalue weighted by molar-refractivity contribution is 5.65. The lowest BCUT2D eigenvalue weighted by molar-refractivity contribution is 0.635. The van der Waals surface area contributed by atoms with E-state index in [0.717, 1.165) is 36.7 Å². The number of hydrogen-bond acceptors (Lipinski definition) is 3. The van der Waals surface area contributed by atoms with Crippen molar-refractivity contribution in [2.24, 2.45) is 0 Å². The van der Waals surface area contributed by atoms with E-state index < -0.39 is 0 Å². The van der Waals surface area contributed by atoms with Crippen LogP contribution in [-0.4, -0.2) is 16.1 Å². The predicted octanol–water partition coefficient (Wildman–Crippen LogP) is 2.55. The van der Waals surface area contributed by atoms with E-state index in [2.05, 4.69) is 40.0 Å². The van der Waals surface area contributed by atoms with Crippen molar-refractivity contribution in [1.29, 1.82) is 5.26 Å². The fourth-order valence-electron chi connectivity index (χ4n) is 2.38. The Kier molecular flexibility index (Phi) is 2.52. The molecule has 3 rings (SSSR count). The summed E-state index contributed by atoms with van der Waals surface area (Å²) in [5.74, 6) is 1.75. The number of nitrogens with one attached hydrogen (secondary N) is 1. The molecule has 0 radical (unpaired) electrons. The Balaban J connectivity index is 2.18. The first-order valence-corrected chi connectivity index (χ1v) is 6.11. The zero-order valence-corrected chi connectivity index (χ0v) is 10.3. The molecule has 2 aromatic rings. The summed E-state index contributed by atoms with van der Waals surface area (Å²) in [5, 5.41) is 12.4. The Bertz CT molecular complexity index is 634. The van der Waals surface area contributed by atoms with Gasteiger partial charge in [0.2, 0.25) is 0 Å². The van der Waals surface area contributed by atoms with Gasteiger partial charge in [-0.3, -0.25) is 0 Å². The molecule has 0 spiro atoms. The number of aromatic nitrogens is 2. The van der Waals surface area contributed by atoms with Crippen LogP contribution in [0.5, 0.6) is 0 Å². The molecule has 1 aromatic carbocycles. The van der Waals surface area contributed by atoms with Crippen molar-refractivity contribution in [3.8, 4) is 17.5 Å². The molecule has 1 aliphatic heterocycles. The lowest BCUT2D eigenvalue weighted by atomic mass is 10.1.